The summed E-state index contributed by atoms with van der Waals surface area (Å²) in [5.74, 6) is 4.21. The van der Waals surface area contributed by atoms with Crippen LogP contribution in [-0.4, -0.2) is 22.8 Å². The van der Waals surface area contributed by atoms with Gasteiger partial charge in [0.2, 0.25) is 0 Å². The molecule has 0 radical (unpaired) electrons. The molecule has 5 nitrogen and oxygen atoms in total. The molecule has 2 unspecified atom stereocenters. The van der Waals surface area contributed by atoms with Gasteiger partial charge in [-0.3, -0.25) is 0 Å². The van der Waals surface area contributed by atoms with Gasteiger partial charge in [0.1, 0.15) is 6.61 Å². The van der Waals surface area contributed by atoms with Crippen molar-refractivity contribution in [3.8, 4) is 0 Å². The van der Waals surface area contributed by atoms with Crippen LogP contribution < -0.4 is 5.32 Å². The fourth-order valence-corrected chi connectivity index (χ4v) is 4.60. The molecular weight excluding hydrogens is 230 g/mol. The van der Waals surface area contributed by atoms with Gasteiger partial charge in [-0.15, -0.1) is 0 Å². The van der Waals surface area contributed by atoms with Crippen molar-refractivity contribution in [1.29, 1.82) is 0 Å². The predicted octanol–water partition coefficient (Wildman–Crippen LogP) is 1.49. The minimum Gasteiger partial charge on any atom is -0.375 e. The van der Waals surface area contributed by atoms with E-state index >= 15 is 0 Å². The Morgan fingerprint density at radius 1 is 1.39 bits per heavy atom. The van der Waals surface area contributed by atoms with Gasteiger partial charge in [-0.1, -0.05) is 5.16 Å². The van der Waals surface area contributed by atoms with Crippen LogP contribution in [0.2, 0.25) is 0 Å². The van der Waals surface area contributed by atoms with Crippen LogP contribution in [0.3, 0.4) is 0 Å². The van der Waals surface area contributed by atoms with Gasteiger partial charge in [0.25, 0.3) is 5.89 Å². The average molecular weight is 249 g/mol. The highest BCUT2D eigenvalue weighted by Gasteiger charge is 2.62. The van der Waals surface area contributed by atoms with E-state index < -0.39 is 0 Å². The number of rotatable bonds is 5. The molecule has 0 spiro atoms. The molecule has 98 valence electrons. The van der Waals surface area contributed by atoms with E-state index in [1.54, 1.807) is 7.11 Å². The first kappa shape index (κ1) is 10.9. The Labute approximate surface area is 106 Å². The highest BCUT2D eigenvalue weighted by molar-refractivity contribution is 5.17. The van der Waals surface area contributed by atoms with E-state index in [-0.39, 0.29) is 0 Å². The van der Waals surface area contributed by atoms with E-state index in [2.05, 4.69) is 15.5 Å². The molecule has 0 aromatic carbocycles. The number of nitrogens with one attached hydrogen (secondary N) is 1. The van der Waals surface area contributed by atoms with Crippen molar-refractivity contribution in [2.24, 2.45) is 17.8 Å². The summed E-state index contributed by atoms with van der Waals surface area (Å²) in [6, 6.07) is 0. The molecule has 2 atom stereocenters. The van der Waals surface area contributed by atoms with Crippen LogP contribution in [0.5, 0.6) is 0 Å². The molecule has 1 aromatic heterocycles. The fourth-order valence-electron chi connectivity index (χ4n) is 4.60. The topological polar surface area (TPSA) is 60.2 Å². The molecule has 0 amide bonds. The number of ether oxygens (including phenoxy) is 1. The third-order valence-electron chi connectivity index (χ3n) is 5.25. The first-order valence-electron chi connectivity index (χ1n) is 6.84. The standard InChI is InChI=1S/C13H19N3O2/c1-17-7-12-15-11(16-18-12)6-14-13-4-8-2-10(13)3-9(8)5-13/h8-10,14H,2-7H2,1H3. The van der Waals surface area contributed by atoms with Gasteiger partial charge in [0.15, 0.2) is 5.82 Å². The monoisotopic (exact) mass is 249 g/mol. The Hall–Kier alpha value is -0.940. The van der Waals surface area contributed by atoms with Crippen LogP contribution in [0.4, 0.5) is 0 Å². The number of hydrogen-bond donors (Lipinski definition) is 1. The minimum absolute atomic E-state index is 0.394. The Bertz CT molecular complexity index is 445. The van der Waals surface area contributed by atoms with Gasteiger partial charge in [-0.25, -0.2) is 0 Å². The highest BCUT2D eigenvalue weighted by Crippen LogP contribution is 2.65. The van der Waals surface area contributed by atoms with Crippen molar-refractivity contribution in [3.63, 3.8) is 0 Å². The van der Waals surface area contributed by atoms with E-state index in [0.717, 1.165) is 30.1 Å². The second kappa shape index (κ2) is 3.78. The van der Waals surface area contributed by atoms with Gasteiger partial charge < -0.3 is 14.6 Å². The van der Waals surface area contributed by atoms with Crippen molar-refractivity contribution in [2.45, 2.75) is 44.4 Å². The molecule has 4 saturated carbocycles. The summed E-state index contributed by atoms with van der Waals surface area (Å²) in [7, 11) is 1.63. The Morgan fingerprint density at radius 2 is 2.17 bits per heavy atom. The van der Waals surface area contributed by atoms with Crippen LogP contribution in [0.1, 0.15) is 37.4 Å². The average Bonchev–Trinajstić information content (AvgIpc) is 3.08. The summed E-state index contributed by atoms with van der Waals surface area (Å²) in [5.41, 5.74) is 0.400. The zero-order valence-corrected chi connectivity index (χ0v) is 10.7. The first-order valence-corrected chi connectivity index (χ1v) is 6.84. The van der Waals surface area contributed by atoms with Crippen LogP contribution in [0, 0.1) is 17.8 Å². The molecule has 1 aromatic rings. The molecule has 5 heteroatoms. The van der Waals surface area contributed by atoms with E-state index in [0.29, 0.717) is 18.0 Å². The number of hydrogen-bond acceptors (Lipinski definition) is 5. The predicted molar refractivity (Wildman–Crippen MR) is 63.5 cm³/mol. The largest absolute Gasteiger partial charge is 0.375 e. The van der Waals surface area contributed by atoms with Crippen LogP contribution >= 0.6 is 0 Å². The molecule has 18 heavy (non-hydrogen) atoms. The van der Waals surface area contributed by atoms with Crippen molar-refractivity contribution < 1.29 is 9.26 Å². The quantitative estimate of drug-likeness (QED) is 0.856. The Morgan fingerprint density at radius 3 is 2.78 bits per heavy atom. The lowest BCUT2D eigenvalue weighted by Gasteiger charge is -2.29. The molecule has 0 aliphatic heterocycles. The molecule has 1 N–H and O–H groups in total. The van der Waals surface area contributed by atoms with E-state index in [1.807, 2.05) is 0 Å². The number of nitrogens with zero attached hydrogens (tertiary/aromatic N) is 2. The molecule has 4 fully saturated rings. The lowest BCUT2D eigenvalue weighted by molar-refractivity contribution is 0.151. The summed E-state index contributed by atoms with van der Waals surface area (Å²) in [6.45, 7) is 1.12. The lowest BCUT2D eigenvalue weighted by atomic mass is 9.91. The Balaban J connectivity index is 1.41. The third-order valence-corrected chi connectivity index (χ3v) is 5.25. The van der Waals surface area contributed by atoms with Gasteiger partial charge >= 0.3 is 0 Å². The van der Waals surface area contributed by atoms with Gasteiger partial charge in [-0.2, -0.15) is 4.98 Å². The summed E-state index contributed by atoms with van der Waals surface area (Å²) in [4.78, 5) is 4.31. The maximum atomic E-state index is 5.11. The molecule has 5 rings (SSSR count). The molecular formula is C13H19N3O2. The maximum absolute atomic E-state index is 5.11. The van der Waals surface area contributed by atoms with Gasteiger partial charge in [0.05, 0.1) is 6.54 Å². The third kappa shape index (κ3) is 1.47. The second-order valence-electron chi connectivity index (χ2n) is 6.14. The second-order valence-corrected chi connectivity index (χ2v) is 6.14. The first-order chi connectivity index (χ1) is 8.79. The summed E-state index contributed by atoms with van der Waals surface area (Å²) in [6.07, 6.45) is 5.62. The van der Waals surface area contributed by atoms with Crippen molar-refractivity contribution in [3.05, 3.63) is 11.7 Å². The van der Waals surface area contributed by atoms with Crippen LogP contribution in [0.25, 0.3) is 0 Å². The van der Waals surface area contributed by atoms with E-state index in [4.69, 9.17) is 9.26 Å². The number of methoxy groups -OCH3 is 1. The highest BCUT2D eigenvalue weighted by atomic mass is 16.5. The Kier molecular flexibility index (Phi) is 2.29. The summed E-state index contributed by atoms with van der Waals surface area (Å²) >= 11 is 0. The molecule has 0 saturated heterocycles. The lowest BCUT2D eigenvalue weighted by Crippen LogP contribution is -2.44. The zero-order chi connectivity index (χ0) is 12.2. The molecule has 4 aliphatic rings. The van der Waals surface area contributed by atoms with Gasteiger partial charge in [0, 0.05) is 12.6 Å². The molecule has 4 bridgehead atoms. The minimum atomic E-state index is 0.394. The summed E-state index contributed by atoms with van der Waals surface area (Å²) < 4.78 is 10.1. The molecule has 1 heterocycles. The number of aromatic nitrogens is 2. The smallest absolute Gasteiger partial charge is 0.252 e. The zero-order valence-electron chi connectivity index (χ0n) is 10.7. The summed E-state index contributed by atoms with van der Waals surface area (Å²) in [5, 5.41) is 7.71. The van der Waals surface area contributed by atoms with Crippen LogP contribution in [0.15, 0.2) is 4.52 Å². The normalized spacial score (nSPS) is 40.2. The van der Waals surface area contributed by atoms with E-state index in [1.165, 1.54) is 25.7 Å². The van der Waals surface area contributed by atoms with Crippen molar-refractivity contribution >= 4 is 0 Å². The molecule has 4 aliphatic carbocycles. The van der Waals surface area contributed by atoms with E-state index in [9.17, 15) is 0 Å². The maximum Gasteiger partial charge on any atom is 0.252 e. The fraction of sp³-hybridized carbons (Fsp3) is 0.846. The SMILES string of the molecule is COCc1nc(CNC23CC4CC2CC4C3)no1. The van der Waals surface area contributed by atoms with Gasteiger partial charge in [-0.05, 0) is 43.4 Å². The van der Waals surface area contributed by atoms with Crippen LogP contribution in [-0.2, 0) is 17.9 Å². The van der Waals surface area contributed by atoms with Crippen molar-refractivity contribution in [1.82, 2.24) is 15.5 Å². The van der Waals surface area contributed by atoms with Crippen molar-refractivity contribution in [2.75, 3.05) is 7.11 Å².